The molecule has 0 bridgehead atoms. The highest BCUT2D eigenvalue weighted by Gasteiger charge is 2.05. The standard InChI is InChI=1S/C10H18N2S/c1-8(9(2)11)5-12-6-10-3-4-13-7-10/h3-4,7-9,12H,5-6,11H2,1-2H3. The first-order chi connectivity index (χ1) is 6.20. The SMILES string of the molecule is CC(N)C(C)CNCc1ccsc1. The Balaban J connectivity index is 2.14. The summed E-state index contributed by atoms with van der Waals surface area (Å²) in [6, 6.07) is 2.42. The van der Waals surface area contributed by atoms with Crippen LogP contribution < -0.4 is 11.1 Å². The molecule has 2 unspecified atom stereocenters. The summed E-state index contributed by atoms with van der Waals surface area (Å²) in [7, 11) is 0. The third-order valence-corrected chi connectivity index (χ3v) is 3.01. The Kier molecular flexibility index (Phi) is 4.42. The normalized spacial score (nSPS) is 15.6. The molecular weight excluding hydrogens is 180 g/mol. The van der Waals surface area contributed by atoms with Crippen molar-refractivity contribution in [3.8, 4) is 0 Å². The Morgan fingerprint density at radius 2 is 2.31 bits per heavy atom. The molecule has 0 spiro atoms. The zero-order chi connectivity index (χ0) is 9.68. The third kappa shape index (κ3) is 3.89. The van der Waals surface area contributed by atoms with Crippen LogP contribution in [0, 0.1) is 5.92 Å². The largest absolute Gasteiger partial charge is 0.328 e. The van der Waals surface area contributed by atoms with E-state index in [-0.39, 0.29) is 6.04 Å². The second kappa shape index (κ2) is 5.37. The third-order valence-electron chi connectivity index (χ3n) is 2.27. The molecule has 74 valence electrons. The molecule has 0 saturated carbocycles. The van der Waals surface area contributed by atoms with E-state index in [0.29, 0.717) is 5.92 Å². The van der Waals surface area contributed by atoms with Crippen LogP contribution in [0.5, 0.6) is 0 Å². The predicted octanol–water partition coefficient (Wildman–Crippen LogP) is 1.82. The lowest BCUT2D eigenvalue weighted by atomic mass is 10.1. The molecule has 0 radical (unpaired) electrons. The first-order valence-electron chi connectivity index (χ1n) is 4.67. The van der Waals surface area contributed by atoms with Crippen LogP contribution in [0.15, 0.2) is 16.8 Å². The molecule has 2 nitrogen and oxygen atoms in total. The zero-order valence-electron chi connectivity index (χ0n) is 8.29. The van der Waals surface area contributed by atoms with Gasteiger partial charge in [0.15, 0.2) is 0 Å². The number of nitrogens with one attached hydrogen (secondary N) is 1. The minimum absolute atomic E-state index is 0.273. The smallest absolute Gasteiger partial charge is 0.0213 e. The molecule has 1 aromatic heterocycles. The van der Waals surface area contributed by atoms with Gasteiger partial charge < -0.3 is 11.1 Å². The highest BCUT2D eigenvalue weighted by Crippen LogP contribution is 2.05. The summed E-state index contributed by atoms with van der Waals surface area (Å²) < 4.78 is 0. The molecule has 1 heterocycles. The molecule has 0 aliphatic rings. The first-order valence-corrected chi connectivity index (χ1v) is 5.62. The van der Waals surface area contributed by atoms with Crippen molar-refractivity contribution < 1.29 is 0 Å². The fourth-order valence-corrected chi connectivity index (χ4v) is 1.69. The Labute approximate surface area is 84.2 Å². The van der Waals surface area contributed by atoms with Crippen LogP contribution in [0.25, 0.3) is 0 Å². The van der Waals surface area contributed by atoms with E-state index in [0.717, 1.165) is 13.1 Å². The summed E-state index contributed by atoms with van der Waals surface area (Å²) >= 11 is 1.74. The van der Waals surface area contributed by atoms with Gasteiger partial charge in [-0.05, 0) is 41.8 Å². The molecule has 3 N–H and O–H groups in total. The number of thiophene rings is 1. The van der Waals surface area contributed by atoms with E-state index in [9.17, 15) is 0 Å². The molecule has 3 heteroatoms. The van der Waals surface area contributed by atoms with Gasteiger partial charge >= 0.3 is 0 Å². The molecular formula is C10H18N2S. The molecule has 0 aliphatic carbocycles. The maximum absolute atomic E-state index is 5.76. The summed E-state index contributed by atoms with van der Waals surface area (Å²) in [5.74, 6) is 0.540. The van der Waals surface area contributed by atoms with Gasteiger partial charge in [0, 0.05) is 12.6 Å². The second-order valence-corrected chi connectivity index (χ2v) is 4.38. The van der Waals surface area contributed by atoms with Crippen LogP contribution in [0.1, 0.15) is 19.4 Å². The molecule has 1 aromatic rings. The van der Waals surface area contributed by atoms with Crippen molar-refractivity contribution in [1.29, 1.82) is 0 Å². The van der Waals surface area contributed by atoms with Gasteiger partial charge in [0.05, 0.1) is 0 Å². The summed E-state index contributed by atoms with van der Waals surface area (Å²) in [5.41, 5.74) is 7.12. The number of hydrogen-bond acceptors (Lipinski definition) is 3. The van der Waals surface area contributed by atoms with Gasteiger partial charge in [0.1, 0.15) is 0 Å². The average molecular weight is 198 g/mol. The van der Waals surface area contributed by atoms with Crippen LogP contribution in [-0.2, 0) is 6.54 Å². The lowest BCUT2D eigenvalue weighted by Gasteiger charge is -2.15. The van der Waals surface area contributed by atoms with Crippen molar-refractivity contribution in [2.24, 2.45) is 11.7 Å². The van der Waals surface area contributed by atoms with Gasteiger partial charge in [-0.3, -0.25) is 0 Å². The molecule has 1 rings (SSSR count). The van der Waals surface area contributed by atoms with Crippen LogP contribution in [-0.4, -0.2) is 12.6 Å². The molecule has 0 saturated heterocycles. The monoisotopic (exact) mass is 198 g/mol. The van der Waals surface area contributed by atoms with Gasteiger partial charge in [-0.15, -0.1) is 0 Å². The van der Waals surface area contributed by atoms with E-state index in [1.807, 2.05) is 0 Å². The van der Waals surface area contributed by atoms with Gasteiger partial charge in [-0.1, -0.05) is 6.92 Å². The van der Waals surface area contributed by atoms with Crippen LogP contribution in [0.2, 0.25) is 0 Å². The Morgan fingerprint density at radius 1 is 1.54 bits per heavy atom. The van der Waals surface area contributed by atoms with E-state index in [4.69, 9.17) is 5.73 Å². The van der Waals surface area contributed by atoms with Gasteiger partial charge in [0.2, 0.25) is 0 Å². The van der Waals surface area contributed by atoms with Crippen LogP contribution in [0.4, 0.5) is 0 Å². The van der Waals surface area contributed by atoms with Crippen molar-refractivity contribution in [1.82, 2.24) is 5.32 Å². The summed E-state index contributed by atoms with van der Waals surface area (Å²) in [6.45, 7) is 6.18. The van der Waals surface area contributed by atoms with E-state index in [2.05, 4.69) is 36.0 Å². The Hall–Kier alpha value is -0.380. The van der Waals surface area contributed by atoms with Crippen molar-refractivity contribution in [2.75, 3.05) is 6.54 Å². The van der Waals surface area contributed by atoms with Crippen LogP contribution >= 0.6 is 11.3 Å². The predicted molar refractivity (Wildman–Crippen MR) is 58.8 cm³/mol. The van der Waals surface area contributed by atoms with Crippen molar-refractivity contribution in [2.45, 2.75) is 26.4 Å². The summed E-state index contributed by atoms with van der Waals surface area (Å²) in [4.78, 5) is 0. The molecule has 0 amide bonds. The van der Waals surface area contributed by atoms with Crippen molar-refractivity contribution in [3.05, 3.63) is 22.4 Å². The summed E-state index contributed by atoms with van der Waals surface area (Å²) in [6.07, 6.45) is 0. The van der Waals surface area contributed by atoms with E-state index >= 15 is 0 Å². The van der Waals surface area contributed by atoms with Gasteiger partial charge in [0.25, 0.3) is 0 Å². The molecule has 0 aromatic carbocycles. The number of nitrogens with two attached hydrogens (primary N) is 1. The zero-order valence-corrected chi connectivity index (χ0v) is 9.10. The Bertz CT molecular complexity index is 219. The van der Waals surface area contributed by atoms with Crippen LogP contribution in [0.3, 0.4) is 0 Å². The lowest BCUT2D eigenvalue weighted by Crippen LogP contribution is -2.32. The van der Waals surface area contributed by atoms with Gasteiger partial charge in [-0.2, -0.15) is 11.3 Å². The molecule has 0 fully saturated rings. The fraction of sp³-hybridized carbons (Fsp3) is 0.600. The summed E-state index contributed by atoms with van der Waals surface area (Å²) in [5, 5.41) is 7.67. The van der Waals surface area contributed by atoms with Gasteiger partial charge in [-0.25, -0.2) is 0 Å². The minimum Gasteiger partial charge on any atom is -0.328 e. The second-order valence-electron chi connectivity index (χ2n) is 3.60. The van der Waals surface area contributed by atoms with E-state index in [1.54, 1.807) is 11.3 Å². The highest BCUT2D eigenvalue weighted by atomic mass is 32.1. The fourth-order valence-electron chi connectivity index (χ4n) is 1.02. The Morgan fingerprint density at radius 3 is 2.85 bits per heavy atom. The van der Waals surface area contributed by atoms with E-state index < -0.39 is 0 Å². The average Bonchev–Trinajstić information content (AvgIpc) is 2.56. The van der Waals surface area contributed by atoms with Crippen molar-refractivity contribution >= 4 is 11.3 Å². The maximum atomic E-state index is 5.76. The molecule has 0 aliphatic heterocycles. The maximum Gasteiger partial charge on any atom is 0.0213 e. The van der Waals surface area contributed by atoms with Crippen molar-refractivity contribution in [3.63, 3.8) is 0 Å². The quantitative estimate of drug-likeness (QED) is 0.757. The lowest BCUT2D eigenvalue weighted by molar-refractivity contribution is 0.445. The number of rotatable bonds is 5. The molecule has 13 heavy (non-hydrogen) atoms. The number of hydrogen-bond donors (Lipinski definition) is 2. The molecule has 2 atom stereocenters. The minimum atomic E-state index is 0.273. The highest BCUT2D eigenvalue weighted by molar-refractivity contribution is 7.07. The van der Waals surface area contributed by atoms with E-state index in [1.165, 1.54) is 5.56 Å². The first kappa shape index (κ1) is 10.7. The topological polar surface area (TPSA) is 38.0 Å².